The molecule has 0 aromatic heterocycles. The normalized spacial score (nSPS) is 11.7. The SMILES string of the molecule is CCCCOCCN(CCCc1ccc(F)[c-]c1F)C(=O)c1ccccc1.CCCCOCCN(CCCc1ccc(F)[c-]c1F)C(=O)c1ccccc1.[C-]1=CC=CC1.[C-]1=CC=CC1.[Ti+4]. The molecule has 0 aliphatic heterocycles. The Kier molecular flexibility index (Phi) is 30.6. The summed E-state index contributed by atoms with van der Waals surface area (Å²) in [5.41, 5.74) is 2.05. The minimum atomic E-state index is -0.707. The maximum absolute atomic E-state index is 13.7. The summed E-state index contributed by atoms with van der Waals surface area (Å²) >= 11 is 0. The zero-order valence-electron chi connectivity index (χ0n) is 37.8. The Morgan fingerprint density at radius 1 is 0.538 bits per heavy atom. The number of unbranched alkanes of at least 4 members (excludes halogenated alkanes) is 2. The van der Waals surface area contributed by atoms with Gasteiger partial charge in [0.05, 0.1) is 13.2 Å². The molecule has 2 aliphatic carbocycles. The Bertz CT molecular complexity index is 1860. The molecule has 344 valence electrons. The number of hydrogen-bond acceptors (Lipinski definition) is 4. The van der Waals surface area contributed by atoms with Crippen LogP contribution in [0.15, 0.2) is 121 Å². The quantitative estimate of drug-likeness (QED) is 0.0341. The van der Waals surface area contributed by atoms with E-state index in [2.05, 4.69) is 38.2 Å². The summed E-state index contributed by atoms with van der Waals surface area (Å²) in [6, 6.07) is 27.5. The molecule has 2 amide bonds. The molecule has 0 spiro atoms. The van der Waals surface area contributed by atoms with Crippen LogP contribution in [0.5, 0.6) is 0 Å². The van der Waals surface area contributed by atoms with Gasteiger partial charge in [-0.1, -0.05) is 75.9 Å². The number of ether oxygens (including phenoxy) is 2. The van der Waals surface area contributed by atoms with Crippen LogP contribution in [0, 0.1) is 47.6 Å². The molecule has 6 rings (SSSR count). The molecule has 4 aromatic rings. The molecule has 2 aliphatic rings. The number of nitrogens with zero attached hydrogens (tertiary/aromatic N) is 2. The second-order valence-corrected chi connectivity index (χ2v) is 14.8. The molecule has 0 heterocycles. The fourth-order valence-electron chi connectivity index (χ4n) is 6.14. The number of carbonyl (C=O) groups is 2. The van der Waals surface area contributed by atoms with Gasteiger partial charge in [-0.15, -0.1) is 48.2 Å². The molecule has 0 bridgehead atoms. The molecule has 11 heteroatoms. The monoisotopic (exact) mass is 926 g/mol. The summed E-state index contributed by atoms with van der Waals surface area (Å²) in [5, 5.41) is 0. The maximum atomic E-state index is 13.7. The first kappa shape index (κ1) is 56.3. The van der Waals surface area contributed by atoms with E-state index < -0.39 is 23.3 Å². The van der Waals surface area contributed by atoms with Gasteiger partial charge >= 0.3 is 21.7 Å². The van der Waals surface area contributed by atoms with Crippen LogP contribution in [0.4, 0.5) is 17.6 Å². The zero-order valence-corrected chi connectivity index (χ0v) is 39.4. The largest absolute Gasteiger partial charge is 4.00 e. The number of hydrogen-bond donors (Lipinski definition) is 0. The van der Waals surface area contributed by atoms with Gasteiger partial charge < -0.3 is 19.3 Å². The van der Waals surface area contributed by atoms with E-state index in [0.29, 0.717) is 101 Å². The first-order chi connectivity index (χ1) is 31.2. The molecule has 0 radical (unpaired) electrons. The van der Waals surface area contributed by atoms with Gasteiger partial charge in [0.2, 0.25) is 0 Å². The van der Waals surface area contributed by atoms with Gasteiger partial charge in [-0.05, 0) is 49.9 Å². The summed E-state index contributed by atoms with van der Waals surface area (Å²) < 4.78 is 64.5. The summed E-state index contributed by atoms with van der Waals surface area (Å²) in [7, 11) is 0. The van der Waals surface area contributed by atoms with Gasteiger partial charge in [-0.3, -0.25) is 21.7 Å². The van der Waals surface area contributed by atoms with Crippen LogP contribution >= 0.6 is 0 Å². The van der Waals surface area contributed by atoms with E-state index >= 15 is 0 Å². The third kappa shape index (κ3) is 24.3. The van der Waals surface area contributed by atoms with Crippen LogP contribution < -0.4 is 0 Å². The number of amides is 2. The van der Waals surface area contributed by atoms with Crippen LogP contribution in [-0.2, 0) is 44.0 Å². The van der Waals surface area contributed by atoms with Crippen molar-refractivity contribution >= 4 is 11.8 Å². The van der Waals surface area contributed by atoms with Crippen molar-refractivity contribution in [2.75, 3.05) is 52.6 Å². The van der Waals surface area contributed by atoms with Crippen molar-refractivity contribution in [2.45, 2.75) is 78.1 Å². The van der Waals surface area contributed by atoms with Crippen molar-refractivity contribution < 1.29 is 58.3 Å². The van der Waals surface area contributed by atoms with E-state index in [1.165, 1.54) is 24.3 Å². The first-order valence-corrected chi connectivity index (χ1v) is 22.2. The summed E-state index contributed by atoms with van der Waals surface area (Å²) in [4.78, 5) is 29.0. The van der Waals surface area contributed by atoms with Crippen molar-refractivity contribution in [2.24, 2.45) is 0 Å². The third-order valence-electron chi connectivity index (χ3n) is 9.72. The van der Waals surface area contributed by atoms with Crippen molar-refractivity contribution in [3.63, 3.8) is 0 Å². The van der Waals surface area contributed by atoms with Crippen molar-refractivity contribution in [3.8, 4) is 0 Å². The molecule has 0 saturated heterocycles. The van der Waals surface area contributed by atoms with E-state index in [1.807, 2.05) is 72.8 Å². The van der Waals surface area contributed by atoms with Gasteiger partial charge in [0.15, 0.2) is 0 Å². The molecule has 4 aromatic carbocycles. The van der Waals surface area contributed by atoms with Gasteiger partial charge in [-0.2, -0.15) is 24.3 Å². The zero-order chi connectivity index (χ0) is 46.0. The van der Waals surface area contributed by atoms with E-state index in [-0.39, 0.29) is 33.5 Å². The van der Waals surface area contributed by atoms with Crippen LogP contribution in [0.3, 0.4) is 0 Å². The van der Waals surface area contributed by atoms with Gasteiger partial charge in [0.1, 0.15) is 0 Å². The van der Waals surface area contributed by atoms with E-state index in [4.69, 9.17) is 9.47 Å². The summed E-state index contributed by atoms with van der Waals surface area (Å²) in [6.07, 6.45) is 26.1. The smallest absolute Gasteiger partial charge is 0.380 e. The first-order valence-electron chi connectivity index (χ1n) is 22.2. The van der Waals surface area contributed by atoms with Crippen LogP contribution in [0.2, 0.25) is 0 Å². The minimum Gasteiger partial charge on any atom is -0.380 e. The molecule has 65 heavy (non-hydrogen) atoms. The number of rotatable bonds is 22. The second kappa shape index (κ2) is 35.4. The Hall–Kier alpha value is -4.87. The topological polar surface area (TPSA) is 59.1 Å². The summed E-state index contributed by atoms with van der Waals surface area (Å²) in [6.45, 7) is 8.41. The maximum Gasteiger partial charge on any atom is 4.00 e. The van der Waals surface area contributed by atoms with Gasteiger partial charge in [0.25, 0.3) is 11.8 Å². The molecule has 0 saturated carbocycles. The molecule has 0 fully saturated rings. The Balaban J connectivity index is 0.000000361. The average molecular weight is 927 g/mol. The average Bonchev–Trinajstić information content (AvgIpc) is 4.11. The fraction of sp³-hybridized carbons (Fsp3) is 0.370. The standard InChI is InChI=1S/2C22H26F2NO2.2C5H5.Ti/c2*1-2-3-15-27-16-14-25(22(26)19-8-5-4-6-9-19)13-7-10-18-11-12-20(23)17-21(18)24;2*1-2-4-5-3-1;/h2*4-6,8-9,11-12H,2-3,7,10,13-16H2,1H3;2*1-3H,4H2;/q4*-1;+4. The minimum absolute atomic E-state index is 0. The molecule has 0 atom stereocenters. The molecule has 6 nitrogen and oxygen atoms in total. The third-order valence-corrected chi connectivity index (χ3v) is 9.72. The van der Waals surface area contributed by atoms with Gasteiger partial charge in [0, 0.05) is 73.8 Å². The predicted octanol–water partition coefficient (Wildman–Crippen LogP) is 11.9. The number of aryl methyl sites for hydroxylation is 2. The number of allylic oxidation sites excluding steroid dienone is 8. The van der Waals surface area contributed by atoms with Crippen LogP contribution in [-0.4, -0.2) is 74.2 Å². The Morgan fingerprint density at radius 2 is 0.938 bits per heavy atom. The van der Waals surface area contributed by atoms with E-state index in [9.17, 15) is 27.2 Å². The summed E-state index contributed by atoms with van der Waals surface area (Å²) in [5.74, 6) is -2.89. The molecule has 0 N–H and O–H groups in total. The number of carbonyl (C=O) groups excluding carboxylic acids is 2. The van der Waals surface area contributed by atoms with Gasteiger partial charge in [-0.25, -0.2) is 41.9 Å². The number of benzene rings is 4. The Morgan fingerprint density at radius 3 is 1.25 bits per heavy atom. The fourth-order valence-corrected chi connectivity index (χ4v) is 6.14. The molecular formula is C54H62F4N2O4Ti. The van der Waals surface area contributed by atoms with Crippen molar-refractivity contribution in [1.29, 1.82) is 0 Å². The van der Waals surface area contributed by atoms with Crippen LogP contribution in [0.1, 0.15) is 97.1 Å². The Labute approximate surface area is 400 Å². The van der Waals surface area contributed by atoms with Crippen molar-refractivity contribution in [1.82, 2.24) is 9.80 Å². The predicted molar refractivity (Wildman–Crippen MR) is 246 cm³/mol. The van der Waals surface area contributed by atoms with E-state index in [1.54, 1.807) is 34.1 Å². The molecular weight excluding hydrogens is 864 g/mol. The van der Waals surface area contributed by atoms with Crippen LogP contribution in [0.25, 0.3) is 0 Å². The number of halogens is 4. The molecule has 0 unspecified atom stereocenters. The van der Waals surface area contributed by atoms with Crippen molar-refractivity contribution in [3.05, 3.63) is 191 Å². The van der Waals surface area contributed by atoms with E-state index in [0.717, 1.165) is 38.5 Å². The second-order valence-electron chi connectivity index (χ2n) is 14.8.